The first-order valence-corrected chi connectivity index (χ1v) is 7.71. The minimum atomic E-state index is 0.372. The number of likely N-dealkylation sites (N-methyl/N-ethyl adjacent to an activating group) is 1. The fourth-order valence-electron chi connectivity index (χ4n) is 3.77. The zero-order chi connectivity index (χ0) is 13.5. The maximum atomic E-state index is 5.57. The normalized spacial score (nSPS) is 31.9. The van der Waals surface area contributed by atoms with Crippen molar-refractivity contribution in [2.45, 2.75) is 12.6 Å². The molecular formula is C15H24N3O2+3. The summed E-state index contributed by atoms with van der Waals surface area (Å²) < 4.78 is 11.1. The van der Waals surface area contributed by atoms with E-state index in [4.69, 9.17) is 9.47 Å². The van der Waals surface area contributed by atoms with E-state index in [9.17, 15) is 0 Å². The molecule has 20 heavy (non-hydrogen) atoms. The second-order valence-electron chi connectivity index (χ2n) is 6.30. The minimum absolute atomic E-state index is 0.372. The first kappa shape index (κ1) is 12.4. The molecule has 0 spiro atoms. The molecule has 0 radical (unpaired) electrons. The maximum absolute atomic E-state index is 5.57. The van der Waals surface area contributed by atoms with E-state index in [-0.39, 0.29) is 0 Å². The van der Waals surface area contributed by atoms with Gasteiger partial charge in [-0.1, -0.05) is 0 Å². The number of fused-ring (bicyclic) bond motifs is 2. The van der Waals surface area contributed by atoms with Crippen molar-refractivity contribution < 1.29 is 24.6 Å². The van der Waals surface area contributed by atoms with E-state index in [0.29, 0.717) is 12.8 Å². The average Bonchev–Trinajstić information content (AvgIpc) is 2.92. The van der Waals surface area contributed by atoms with Crippen molar-refractivity contribution in [3.8, 4) is 11.5 Å². The Morgan fingerprint density at radius 3 is 2.65 bits per heavy atom. The molecule has 1 fully saturated rings. The SMILES string of the molecule is C[NH+]1CC[NH+]([C@@H]2C[NH2+]Cc3cc4c(cc32)OCO4)CC1. The minimum Gasteiger partial charge on any atom is -0.454 e. The van der Waals surface area contributed by atoms with E-state index in [0.717, 1.165) is 18.0 Å². The molecular weight excluding hydrogens is 254 g/mol. The number of piperazine rings is 1. The van der Waals surface area contributed by atoms with Crippen LogP contribution in [0.3, 0.4) is 0 Å². The number of benzene rings is 1. The van der Waals surface area contributed by atoms with E-state index in [1.54, 1.807) is 9.80 Å². The van der Waals surface area contributed by atoms with Gasteiger partial charge in [-0.2, -0.15) is 0 Å². The summed E-state index contributed by atoms with van der Waals surface area (Å²) in [5, 5.41) is 2.44. The van der Waals surface area contributed by atoms with Crippen molar-refractivity contribution in [1.29, 1.82) is 0 Å². The van der Waals surface area contributed by atoms with Gasteiger partial charge in [0.25, 0.3) is 0 Å². The number of nitrogens with two attached hydrogens (primary N) is 1. The van der Waals surface area contributed by atoms with Gasteiger partial charge in [0.2, 0.25) is 6.79 Å². The molecule has 3 aliphatic heterocycles. The fourth-order valence-corrected chi connectivity index (χ4v) is 3.77. The van der Waals surface area contributed by atoms with E-state index in [1.165, 1.54) is 43.9 Å². The molecule has 5 heteroatoms. The van der Waals surface area contributed by atoms with Gasteiger partial charge in [0, 0.05) is 11.1 Å². The van der Waals surface area contributed by atoms with Crippen molar-refractivity contribution in [2.24, 2.45) is 0 Å². The Bertz CT molecular complexity index is 512. The van der Waals surface area contributed by atoms with E-state index >= 15 is 0 Å². The maximum Gasteiger partial charge on any atom is 0.231 e. The molecule has 1 atom stereocenters. The second kappa shape index (κ2) is 4.91. The van der Waals surface area contributed by atoms with Gasteiger partial charge in [0.05, 0.1) is 7.05 Å². The number of rotatable bonds is 1. The Balaban J connectivity index is 1.64. The first-order chi connectivity index (χ1) is 9.81. The number of ether oxygens (including phenoxy) is 2. The molecule has 3 heterocycles. The lowest BCUT2D eigenvalue weighted by molar-refractivity contribution is -1.03. The number of hydrogen-bond acceptors (Lipinski definition) is 2. The van der Waals surface area contributed by atoms with Crippen molar-refractivity contribution in [3.05, 3.63) is 23.3 Å². The zero-order valence-corrected chi connectivity index (χ0v) is 12.1. The number of nitrogens with one attached hydrogen (secondary N) is 2. The summed E-state index contributed by atoms with van der Waals surface area (Å²) in [6.45, 7) is 7.76. The van der Waals surface area contributed by atoms with Crippen molar-refractivity contribution in [2.75, 3.05) is 46.6 Å². The van der Waals surface area contributed by atoms with Gasteiger partial charge >= 0.3 is 0 Å². The van der Waals surface area contributed by atoms with Gasteiger partial charge in [-0.15, -0.1) is 0 Å². The van der Waals surface area contributed by atoms with Gasteiger partial charge in [-0.05, 0) is 12.1 Å². The van der Waals surface area contributed by atoms with Crippen LogP contribution in [0.1, 0.15) is 17.2 Å². The molecule has 108 valence electrons. The van der Waals surface area contributed by atoms with Crippen LogP contribution >= 0.6 is 0 Å². The third-order valence-corrected chi connectivity index (χ3v) is 5.02. The molecule has 0 bridgehead atoms. The van der Waals surface area contributed by atoms with Crippen LogP contribution in [-0.4, -0.2) is 46.6 Å². The summed E-state index contributed by atoms with van der Waals surface area (Å²) >= 11 is 0. The van der Waals surface area contributed by atoms with Gasteiger partial charge in [-0.25, -0.2) is 0 Å². The predicted octanol–water partition coefficient (Wildman–Crippen LogP) is -3.05. The molecule has 5 nitrogen and oxygen atoms in total. The molecule has 3 aliphatic rings. The summed E-state index contributed by atoms with van der Waals surface area (Å²) in [6, 6.07) is 5.05. The fraction of sp³-hybridized carbons (Fsp3) is 0.600. The van der Waals surface area contributed by atoms with Gasteiger partial charge < -0.3 is 24.6 Å². The Hall–Kier alpha value is -1.30. The summed E-state index contributed by atoms with van der Waals surface area (Å²) in [5.41, 5.74) is 2.93. The highest BCUT2D eigenvalue weighted by molar-refractivity contribution is 5.49. The molecule has 0 amide bonds. The third-order valence-electron chi connectivity index (χ3n) is 5.02. The molecule has 0 unspecified atom stereocenters. The standard InChI is InChI=1S/C15H21N3O2/c1-17-2-4-18(5-3-17)13-9-16-8-11-6-14-15(7-12(11)13)20-10-19-14/h6-7,13,16H,2-5,8-10H2,1H3/p+3/t13-/m1/s1. The van der Waals surface area contributed by atoms with Crippen LogP contribution in [0.5, 0.6) is 11.5 Å². The molecule has 1 aromatic rings. The van der Waals surface area contributed by atoms with E-state index in [1.807, 2.05) is 0 Å². The highest BCUT2D eigenvalue weighted by atomic mass is 16.7. The summed E-state index contributed by atoms with van der Waals surface area (Å²) in [6.07, 6.45) is 0. The lowest BCUT2D eigenvalue weighted by Gasteiger charge is -2.35. The molecule has 0 aromatic heterocycles. The van der Waals surface area contributed by atoms with Crippen LogP contribution in [0, 0.1) is 0 Å². The number of quaternary nitrogens is 3. The molecule has 4 N–H and O–H groups in total. The monoisotopic (exact) mass is 278 g/mol. The van der Waals surface area contributed by atoms with Crippen molar-refractivity contribution in [1.82, 2.24) is 0 Å². The molecule has 0 aliphatic carbocycles. The lowest BCUT2D eigenvalue weighted by Crippen LogP contribution is -3.28. The van der Waals surface area contributed by atoms with Crippen molar-refractivity contribution in [3.63, 3.8) is 0 Å². The average molecular weight is 278 g/mol. The lowest BCUT2D eigenvalue weighted by atomic mass is 9.94. The van der Waals surface area contributed by atoms with Gasteiger partial charge in [-0.3, -0.25) is 0 Å². The Morgan fingerprint density at radius 2 is 1.85 bits per heavy atom. The summed E-state index contributed by atoms with van der Waals surface area (Å²) in [7, 11) is 2.30. The van der Waals surface area contributed by atoms with Gasteiger partial charge in [0.1, 0.15) is 39.3 Å². The number of hydrogen-bond donors (Lipinski definition) is 3. The Labute approximate surface area is 119 Å². The molecule has 1 saturated heterocycles. The predicted molar refractivity (Wildman–Crippen MR) is 73.1 cm³/mol. The quantitative estimate of drug-likeness (QED) is 0.511. The van der Waals surface area contributed by atoms with Crippen LogP contribution < -0.4 is 24.6 Å². The smallest absolute Gasteiger partial charge is 0.231 e. The highest BCUT2D eigenvalue weighted by Gasteiger charge is 2.36. The first-order valence-electron chi connectivity index (χ1n) is 7.71. The molecule has 1 aromatic carbocycles. The Morgan fingerprint density at radius 1 is 1.10 bits per heavy atom. The highest BCUT2D eigenvalue weighted by Crippen LogP contribution is 2.36. The van der Waals surface area contributed by atoms with Crippen molar-refractivity contribution >= 4 is 0 Å². The summed E-state index contributed by atoms with van der Waals surface area (Å²) in [5.74, 6) is 1.87. The third kappa shape index (κ3) is 2.06. The molecule has 4 rings (SSSR count). The molecule has 0 saturated carbocycles. The van der Waals surface area contributed by atoms with Crippen LogP contribution in [0.15, 0.2) is 12.1 Å². The topological polar surface area (TPSA) is 44.0 Å². The van der Waals surface area contributed by atoms with Crippen LogP contribution in [0.4, 0.5) is 0 Å². The van der Waals surface area contributed by atoms with Crippen LogP contribution in [0.25, 0.3) is 0 Å². The zero-order valence-electron chi connectivity index (χ0n) is 12.1. The van der Waals surface area contributed by atoms with Crippen LogP contribution in [0.2, 0.25) is 0 Å². The summed E-state index contributed by atoms with van der Waals surface area (Å²) in [4.78, 5) is 3.41. The second-order valence-corrected chi connectivity index (χ2v) is 6.30. The van der Waals surface area contributed by atoms with Crippen LogP contribution in [-0.2, 0) is 6.54 Å². The largest absolute Gasteiger partial charge is 0.454 e. The Kier molecular flexibility index (Phi) is 3.06. The van der Waals surface area contributed by atoms with Gasteiger partial charge in [0.15, 0.2) is 17.5 Å². The van der Waals surface area contributed by atoms with E-state index in [2.05, 4.69) is 24.5 Å². The van der Waals surface area contributed by atoms with E-state index < -0.39 is 0 Å².